The summed E-state index contributed by atoms with van der Waals surface area (Å²) in [6.45, 7) is -0.153. The van der Waals surface area contributed by atoms with E-state index in [0.29, 0.717) is 5.56 Å². The van der Waals surface area contributed by atoms with Crippen LogP contribution in [0.15, 0.2) is 41.3 Å². The molecular formula is C16H13Cl2NO6S. The van der Waals surface area contributed by atoms with E-state index in [1.54, 1.807) is 30.3 Å². The van der Waals surface area contributed by atoms with Gasteiger partial charge in [-0.15, -0.1) is 0 Å². The van der Waals surface area contributed by atoms with Crippen molar-refractivity contribution >= 4 is 45.2 Å². The third-order valence-corrected chi connectivity index (χ3v) is 5.49. The van der Waals surface area contributed by atoms with Crippen molar-refractivity contribution < 1.29 is 27.9 Å². The van der Waals surface area contributed by atoms with Gasteiger partial charge in [0.15, 0.2) is 0 Å². The van der Waals surface area contributed by atoms with Gasteiger partial charge in [0.2, 0.25) is 10.0 Å². The van der Waals surface area contributed by atoms with Crippen molar-refractivity contribution in [3.8, 4) is 0 Å². The fourth-order valence-electron chi connectivity index (χ4n) is 2.10. The number of nitrogens with one attached hydrogen (secondary N) is 1. The zero-order chi connectivity index (χ0) is 19.5. The third-order valence-electron chi connectivity index (χ3n) is 3.37. The van der Waals surface area contributed by atoms with E-state index < -0.39 is 48.0 Å². The number of benzene rings is 2. The molecular weight excluding hydrogens is 405 g/mol. The van der Waals surface area contributed by atoms with E-state index in [2.05, 4.69) is 0 Å². The van der Waals surface area contributed by atoms with Gasteiger partial charge in [0.05, 0.1) is 26.1 Å². The molecule has 2 N–H and O–H groups in total. The van der Waals surface area contributed by atoms with Crippen molar-refractivity contribution in [2.75, 3.05) is 7.05 Å². The Bertz CT molecular complexity index is 960. The molecule has 0 aromatic heterocycles. The molecule has 0 aliphatic rings. The molecule has 10 heteroatoms. The number of halogens is 2. The zero-order valence-corrected chi connectivity index (χ0v) is 15.7. The summed E-state index contributed by atoms with van der Waals surface area (Å²) in [7, 11) is -3.03. The molecule has 0 heterocycles. The SMILES string of the molecule is CNS(=O)(=O)c1cc(Cl)c(C(=O)O)c(Cl)c1C(=O)OCc1ccccc1. The van der Waals surface area contributed by atoms with Gasteiger partial charge in [-0.05, 0) is 18.7 Å². The molecule has 138 valence electrons. The van der Waals surface area contributed by atoms with Crippen molar-refractivity contribution in [2.45, 2.75) is 11.5 Å². The van der Waals surface area contributed by atoms with Crippen molar-refractivity contribution in [3.05, 3.63) is 63.1 Å². The molecule has 2 aromatic carbocycles. The summed E-state index contributed by atoms with van der Waals surface area (Å²) >= 11 is 11.8. The predicted molar refractivity (Wildman–Crippen MR) is 95.2 cm³/mol. The Balaban J connectivity index is 2.55. The maximum Gasteiger partial charge on any atom is 0.341 e. The van der Waals surface area contributed by atoms with E-state index >= 15 is 0 Å². The first-order valence-electron chi connectivity index (χ1n) is 7.09. The van der Waals surface area contributed by atoms with Gasteiger partial charge in [0.25, 0.3) is 0 Å². The molecule has 0 saturated carbocycles. The van der Waals surface area contributed by atoms with Gasteiger partial charge >= 0.3 is 11.9 Å². The molecule has 0 aliphatic carbocycles. The molecule has 0 bridgehead atoms. The Kier molecular flexibility index (Phi) is 6.25. The van der Waals surface area contributed by atoms with Crippen LogP contribution in [0, 0.1) is 0 Å². The average molecular weight is 418 g/mol. The zero-order valence-electron chi connectivity index (χ0n) is 13.3. The monoisotopic (exact) mass is 417 g/mol. The summed E-state index contributed by atoms with van der Waals surface area (Å²) in [5.41, 5.74) is -0.531. The molecule has 26 heavy (non-hydrogen) atoms. The van der Waals surface area contributed by atoms with E-state index in [9.17, 15) is 23.1 Å². The van der Waals surface area contributed by atoms with Crippen molar-refractivity contribution in [3.63, 3.8) is 0 Å². The van der Waals surface area contributed by atoms with Crippen LogP contribution in [0.5, 0.6) is 0 Å². The molecule has 0 fully saturated rings. The molecule has 0 unspecified atom stereocenters. The van der Waals surface area contributed by atoms with Crippen molar-refractivity contribution in [1.82, 2.24) is 4.72 Å². The summed E-state index contributed by atoms with van der Waals surface area (Å²) in [5.74, 6) is -2.60. The number of hydrogen-bond acceptors (Lipinski definition) is 5. The van der Waals surface area contributed by atoms with E-state index in [1.807, 2.05) is 4.72 Å². The number of ether oxygens (including phenoxy) is 1. The number of carboxylic acid groups (broad SMARTS) is 1. The first-order chi connectivity index (χ1) is 12.2. The second-order valence-electron chi connectivity index (χ2n) is 4.99. The van der Waals surface area contributed by atoms with Crippen LogP contribution in [-0.4, -0.2) is 32.5 Å². The summed E-state index contributed by atoms with van der Waals surface area (Å²) in [5, 5.41) is 8.19. The smallest absolute Gasteiger partial charge is 0.341 e. The van der Waals surface area contributed by atoms with Gasteiger partial charge < -0.3 is 9.84 Å². The van der Waals surface area contributed by atoms with Gasteiger partial charge in [0, 0.05) is 0 Å². The molecule has 2 aromatic rings. The first kappa shape index (κ1) is 20.2. The maximum atomic E-state index is 12.5. The van der Waals surface area contributed by atoms with Crippen molar-refractivity contribution in [1.29, 1.82) is 0 Å². The third kappa shape index (κ3) is 4.16. The van der Waals surface area contributed by atoms with Crippen LogP contribution in [0.3, 0.4) is 0 Å². The lowest BCUT2D eigenvalue weighted by Crippen LogP contribution is -2.23. The highest BCUT2D eigenvalue weighted by molar-refractivity contribution is 7.89. The second kappa shape index (κ2) is 8.05. The Morgan fingerprint density at radius 1 is 1.15 bits per heavy atom. The van der Waals surface area contributed by atoms with Crippen LogP contribution in [0.25, 0.3) is 0 Å². The average Bonchev–Trinajstić information content (AvgIpc) is 2.59. The van der Waals surface area contributed by atoms with E-state index in [0.717, 1.165) is 13.1 Å². The number of rotatable bonds is 6. The summed E-state index contributed by atoms with van der Waals surface area (Å²) < 4.78 is 31.5. The van der Waals surface area contributed by atoms with Gasteiger partial charge in [-0.1, -0.05) is 53.5 Å². The molecule has 0 radical (unpaired) electrons. The maximum absolute atomic E-state index is 12.5. The Labute approximate surface area is 159 Å². The van der Waals surface area contributed by atoms with Gasteiger partial charge in [-0.3, -0.25) is 0 Å². The molecule has 2 rings (SSSR count). The number of carbonyl (C=O) groups excluding carboxylic acids is 1. The minimum atomic E-state index is -4.16. The standard InChI is InChI=1S/C16H13Cl2NO6S/c1-19-26(23,24)11-7-10(17)12(15(20)21)14(18)13(11)16(22)25-8-9-5-3-2-4-6-9/h2-7,19H,8H2,1H3,(H,20,21). The summed E-state index contributed by atoms with van der Waals surface area (Å²) in [4.78, 5) is 23.2. The fraction of sp³-hybridized carbons (Fsp3) is 0.125. The highest BCUT2D eigenvalue weighted by Crippen LogP contribution is 2.34. The summed E-state index contributed by atoms with van der Waals surface area (Å²) in [6.07, 6.45) is 0. The number of carboxylic acids is 1. The Hall–Kier alpha value is -2.13. The highest BCUT2D eigenvalue weighted by Gasteiger charge is 2.31. The number of hydrogen-bond donors (Lipinski definition) is 2. The lowest BCUT2D eigenvalue weighted by molar-refractivity contribution is 0.0468. The Morgan fingerprint density at radius 3 is 2.31 bits per heavy atom. The number of sulfonamides is 1. The van der Waals surface area contributed by atoms with E-state index in [1.165, 1.54) is 0 Å². The molecule has 0 atom stereocenters. The largest absolute Gasteiger partial charge is 0.478 e. The van der Waals surface area contributed by atoms with Crippen LogP contribution in [0.2, 0.25) is 10.0 Å². The van der Waals surface area contributed by atoms with Gasteiger partial charge in [-0.2, -0.15) is 0 Å². The minimum absolute atomic E-state index is 0.153. The molecule has 0 saturated heterocycles. The van der Waals surface area contributed by atoms with Crippen LogP contribution in [0.1, 0.15) is 26.3 Å². The molecule has 0 aliphatic heterocycles. The fourth-order valence-corrected chi connectivity index (χ4v) is 3.86. The molecule has 0 amide bonds. The first-order valence-corrected chi connectivity index (χ1v) is 9.32. The highest BCUT2D eigenvalue weighted by atomic mass is 35.5. The Morgan fingerprint density at radius 2 is 1.77 bits per heavy atom. The number of carbonyl (C=O) groups is 2. The van der Waals surface area contributed by atoms with Crippen LogP contribution in [-0.2, 0) is 21.4 Å². The van der Waals surface area contributed by atoms with Crippen LogP contribution in [0.4, 0.5) is 0 Å². The van der Waals surface area contributed by atoms with Gasteiger partial charge in [0.1, 0.15) is 6.61 Å². The second-order valence-corrected chi connectivity index (χ2v) is 7.64. The van der Waals surface area contributed by atoms with Gasteiger partial charge in [-0.25, -0.2) is 22.7 Å². The lowest BCUT2D eigenvalue weighted by atomic mass is 10.1. The minimum Gasteiger partial charge on any atom is -0.478 e. The summed E-state index contributed by atoms with van der Waals surface area (Å²) in [6, 6.07) is 9.49. The topological polar surface area (TPSA) is 110 Å². The molecule has 7 nitrogen and oxygen atoms in total. The predicted octanol–water partition coefficient (Wildman–Crippen LogP) is 2.96. The quantitative estimate of drug-likeness (QED) is 0.699. The number of aromatic carboxylic acids is 1. The normalized spacial score (nSPS) is 11.2. The van der Waals surface area contributed by atoms with Crippen LogP contribution < -0.4 is 4.72 Å². The van der Waals surface area contributed by atoms with E-state index in [-0.39, 0.29) is 6.61 Å². The van der Waals surface area contributed by atoms with Crippen molar-refractivity contribution in [2.24, 2.45) is 0 Å². The molecule has 0 spiro atoms. The van der Waals surface area contributed by atoms with E-state index in [4.69, 9.17) is 27.9 Å². The number of esters is 1. The lowest BCUT2D eigenvalue weighted by Gasteiger charge is -2.14. The van der Waals surface area contributed by atoms with Crippen LogP contribution >= 0.6 is 23.2 Å².